The zero-order chi connectivity index (χ0) is 10.1. The summed E-state index contributed by atoms with van der Waals surface area (Å²) in [5.41, 5.74) is 1.44. The summed E-state index contributed by atoms with van der Waals surface area (Å²) < 4.78 is 0. The first-order valence-electron chi connectivity index (χ1n) is 4.49. The molecule has 0 aromatic heterocycles. The normalized spacial score (nSPS) is 8.85. The van der Waals surface area contributed by atoms with E-state index in [1.807, 2.05) is 0 Å². The van der Waals surface area contributed by atoms with Crippen LogP contribution in [0.1, 0.15) is 19.4 Å². The molecule has 0 unspecified atom stereocenters. The Morgan fingerprint density at radius 3 is 2.15 bits per heavy atom. The van der Waals surface area contributed by atoms with E-state index in [1.54, 1.807) is 0 Å². The van der Waals surface area contributed by atoms with Crippen molar-refractivity contribution in [1.29, 1.82) is 0 Å². The van der Waals surface area contributed by atoms with E-state index < -0.39 is 0 Å². The van der Waals surface area contributed by atoms with Crippen molar-refractivity contribution in [3.05, 3.63) is 48.7 Å². The lowest BCUT2D eigenvalue weighted by molar-refractivity contribution is 0.476. The van der Waals surface area contributed by atoms with Crippen LogP contribution < -0.4 is 0 Å². The second-order valence-corrected chi connectivity index (χ2v) is 3.27. The summed E-state index contributed by atoms with van der Waals surface area (Å²) in [6, 6.07) is 10.6. The molecule has 0 spiro atoms. The quantitative estimate of drug-likeness (QED) is 0.686. The topological polar surface area (TPSA) is 20.2 Å². The van der Waals surface area contributed by atoms with Crippen molar-refractivity contribution in [1.82, 2.24) is 0 Å². The fourth-order valence-electron chi connectivity index (χ4n) is 1.09. The van der Waals surface area contributed by atoms with E-state index in [2.05, 4.69) is 50.8 Å². The van der Waals surface area contributed by atoms with Crippen molar-refractivity contribution in [2.75, 3.05) is 0 Å². The molecule has 0 fully saturated rings. The molecule has 1 nitrogen and oxygen atoms in total. The molecule has 0 saturated carbocycles. The van der Waals surface area contributed by atoms with Crippen LogP contribution in [0.15, 0.2) is 43.2 Å². The summed E-state index contributed by atoms with van der Waals surface area (Å²) in [7, 11) is 0. The van der Waals surface area contributed by atoms with E-state index in [4.69, 9.17) is 5.11 Å². The first-order chi connectivity index (χ1) is 6.20. The van der Waals surface area contributed by atoms with Gasteiger partial charge in [-0.05, 0) is 17.9 Å². The van der Waals surface area contributed by atoms with Gasteiger partial charge in [-0.3, -0.25) is 0 Å². The van der Waals surface area contributed by atoms with Crippen LogP contribution in [0.4, 0.5) is 0 Å². The minimum absolute atomic E-state index is 0.750. The van der Waals surface area contributed by atoms with E-state index in [1.165, 1.54) is 12.0 Å². The van der Waals surface area contributed by atoms with Gasteiger partial charge in [-0.2, -0.15) is 0 Å². The van der Waals surface area contributed by atoms with Crippen LogP contribution in [-0.2, 0) is 6.42 Å². The Morgan fingerprint density at radius 2 is 1.77 bits per heavy atom. The maximum atomic E-state index is 7.33. The molecule has 0 heterocycles. The monoisotopic (exact) mass is 178 g/mol. The molecule has 1 rings (SSSR count). The minimum Gasteiger partial charge on any atom is -0.516 e. The van der Waals surface area contributed by atoms with Crippen LogP contribution in [0, 0.1) is 5.92 Å². The highest BCUT2D eigenvalue weighted by molar-refractivity contribution is 5.14. The molecule has 0 radical (unpaired) electrons. The van der Waals surface area contributed by atoms with E-state index in [0.717, 1.165) is 12.2 Å². The average Bonchev–Trinajstić information content (AvgIpc) is 2.06. The van der Waals surface area contributed by atoms with Gasteiger partial charge in [0.15, 0.2) is 0 Å². The van der Waals surface area contributed by atoms with Gasteiger partial charge >= 0.3 is 0 Å². The number of benzene rings is 1. The third-order valence-corrected chi connectivity index (χ3v) is 1.49. The van der Waals surface area contributed by atoms with Gasteiger partial charge in [0, 0.05) is 0 Å². The highest BCUT2D eigenvalue weighted by Gasteiger charge is 1.94. The molecule has 1 aromatic rings. The van der Waals surface area contributed by atoms with Gasteiger partial charge in [0.2, 0.25) is 0 Å². The standard InChI is InChI=1S/C10H14.C2H4O/c1-9(2)8-10-6-4-3-5-7-10;1-2-3/h3-7,9H,8H2,1-2H3;2-3H,1H2. The molecule has 1 aromatic carbocycles. The van der Waals surface area contributed by atoms with Crippen molar-refractivity contribution < 1.29 is 5.11 Å². The predicted molar refractivity (Wildman–Crippen MR) is 57.8 cm³/mol. The first kappa shape index (κ1) is 11.8. The Balaban J connectivity index is 0.000000424. The summed E-state index contributed by atoms with van der Waals surface area (Å²) in [6.07, 6.45) is 1.95. The van der Waals surface area contributed by atoms with Crippen LogP contribution >= 0.6 is 0 Å². The molecular formula is C12H18O. The molecule has 0 aliphatic heterocycles. The van der Waals surface area contributed by atoms with Crippen LogP contribution in [0.25, 0.3) is 0 Å². The molecule has 13 heavy (non-hydrogen) atoms. The Hall–Kier alpha value is -1.24. The molecule has 0 amide bonds. The largest absolute Gasteiger partial charge is 0.516 e. The van der Waals surface area contributed by atoms with Crippen LogP contribution in [0.2, 0.25) is 0 Å². The highest BCUT2D eigenvalue weighted by atomic mass is 16.2. The van der Waals surface area contributed by atoms with Crippen molar-refractivity contribution in [2.24, 2.45) is 5.92 Å². The minimum atomic E-state index is 0.750. The summed E-state index contributed by atoms with van der Waals surface area (Å²) in [6.45, 7) is 7.40. The number of aliphatic hydroxyl groups is 1. The Labute approximate surface area is 80.7 Å². The molecular weight excluding hydrogens is 160 g/mol. The van der Waals surface area contributed by atoms with Crippen molar-refractivity contribution in [2.45, 2.75) is 20.3 Å². The third kappa shape index (κ3) is 7.13. The third-order valence-electron chi connectivity index (χ3n) is 1.49. The molecule has 1 heteroatoms. The number of hydrogen-bond acceptors (Lipinski definition) is 1. The molecule has 0 aliphatic carbocycles. The molecule has 72 valence electrons. The molecule has 0 atom stereocenters. The van der Waals surface area contributed by atoms with Crippen molar-refractivity contribution >= 4 is 0 Å². The van der Waals surface area contributed by atoms with Gasteiger partial charge in [0.1, 0.15) is 0 Å². The Bertz CT molecular complexity index is 214. The van der Waals surface area contributed by atoms with E-state index >= 15 is 0 Å². The van der Waals surface area contributed by atoms with Gasteiger partial charge in [-0.1, -0.05) is 50.8 Å². The SMILES string of the molecule is C=CO.CC(C)Cc1ccccc1. The summed E-state index contributed by atoms with van der Waals surface area (Å²) in [5, 5.41) is 7.33. The van der Waals surface area contributed by atoms with Crippen molar-refractivity contribution in [3.63, 3.8) is 0 Å². The zero-order valence-corrected chi connectivity index (χ0v) is 8.40. The zero-order valence-electron chi connectivity index (χ0n) is 8.40. The molecule has 0 bridgehead atoms. The second kappa shape index (κ2) is 7.41. The van der Waals surface area contributed by atoms with Gasteiger partial charge in [0.25, 0.3) is 0 Å². The van der Waals surface area contributed by atoms with Gasteiger partial charge in [-0.15, -0.1) is 0 Å². The van der Waals surface area contributed by atoms with Gasteiger partial charge < -0.3 is 5.11 Å². The lowest BCUT2D eigenvalue weighted by atomic mass is 10.0. The summed E-state index contributed by atoms with van der Waals surface area (Å²) in [4.78, 5) is 0. The van der Waals surface area contributed by atoms with Gasteiger partial charge in [-0.25, -0.2) is 0 Å². The Morgan fingerprint density at radius 1 is 1.31 bits per heavy atom. The smallest absolute Gasteiger partial charge is 0.0719 e. The number of aliphatic hydroxyl groups excluding tert-OH is 1. The van der Waals surface area contributed by atoms with Crippen LogP contribution in [0.5, 0.6) is 0 Å². The lowest BCUT2D eigenvalue weighted by Crippen LogP contribution is -1.92. The predicted octanol–water partition coefficient (Wildman–Crippen LogP) is 3.57. The number of hydrogen-bond donors (Lipinski definition) is 1. The van der Waals surface area contributed by atoms with E-state index in [9.17, 15) is 0 Å². The number of rotatable bonds is 2. The van der Waals surface area contributed by atoms with Crippen LogP contribution in [-0.4, -0.2) is 5.11 Å². The first-order valence-corrected chi connectivity index (χ1v) is 4.49. The maximum Gasteiger partial charge on any atom is 0.0719 e. The van der Waals surface area contributed by atoms with Crippen molar-refractivity contribution in [3.8, 4) is 0 Å². The lowest BCUT2D eigenvalue weighted by Gasteiger charge is -2.02. The second-order valence-electron chi connectivity index (χ2n) is 3.27. The maximum absolute atomic E-state index is 7.33. The highest BCUT2D eigenvalue weighted by Crippen LogP contribution is 2.05. The molecule has 0 aliphatic rings. The average molecular weight is 178 g/mol. The van der Waals surface area contributed by atoms with E-state index in [0.29, 0.717) is 0 Å². The fourth-order valence-corrected chi connectivity index (χ4v) is 1.09. The van der Waals surface area contributed by atoms with E-state index in [-0.39, 0.29) is 0 Å². The summed E-state index contributed by atoms with van der Waals surface area (Å²) >= 11 is 0. The Kier molecular flexibility index (Phi) is 6.70. The molecule has 1 N–H and O–H groups in total. The summed E-state index contributed by atoms with van der Waals surface area (Å²) in [5.74, 6) is 0.766. The van der Waals surface area contributed by atoms with Gasteiger partial charge in [0.05, 0.1) is 6.26 Å². The molecule has 0 saturated heterocycles. The fraction of sp³-hybridized carbons (Fsp3) is 0.333. The van der Waals surface area contributed by atoms with Crippen LogP contribution in [0.3, 0.4) is 0 Å².